The quantitative estimate of drug-likeness (QED) is 0.419. The van der Waals surface area contributed by atoms with Crippen LogP contribution in [0.25, 0.3) is 6.08 Å². The van der Waals surface area contributed by atoms with Gasteiger partial charge in [-0.25, -0.2) is 0 Å². The number of hydrogen-bond donors (Lipinski definition) is 0. The van der Waals surface area contributed by atoms with Gasteiger partial charge in [0.05, 0.1) is 8.80 Å². The van der Waals surface area contributed by atoms with E-state index in [0.717, 1.165) is 19.1 Å². The fourth-order valence-corrected chi connectivity index (χ4v) is 15.2. The summed E-state index contributed by atoms with van der Waals surface area (Å²) in [5, 5.41) is 2.88. The first-order chi connectivity index (χ1) is 12.9. The fraction of sp³-hybridized carbons (Fsp3) is 0.619. The van der Waals surface area contributed by atoms with Gasteiger partial charge in [-0.2, -0.15) is 0 Å². The number of benzene rings is 1. The molecule has 1 aromatic carbocycles. The molecule has 1 aliphatic rings. The zero-order valence-corrected chi connectivity index (χ0v) is 23.1. The fourth-order valence-electron chi connectivity index (χ4n) is 3.85. The average Bonchev–Trinajstić information content (AvgIpc) is 2.58. The van der Waals surface area contributed by atoms with E-state index in [1.54, 1.807) is 0 Å². The van der Waals surface area contributed by atoms with Crippen molar-refractivity contribution in [1.82, 2.24) is 0 Å². The zero-order valence-electron chi connectivity index (χ0n) is 19.1. The van der Waals surface area contributed by atoms with Crippen LogP contribution in [0.4, 0.5) is 0 Å². The molecule has 0 amide bonds. The summed E-state index contributed by atoms with van der Waals surface area (Å²) >= 11 is 0. The third-order valence-corrected chi connectivity index (χ3v) is 13.1. The van der Waals surface area contributed by atoms with Crippen LogP contribution < -0.4 is 10.4 Å². The maximum atomic E-state index is 6.81. The lowest BCUT2D eigenvalue weighted by Crippen LogP contribution is -2.70. The minimum absolute atomic E-state index is 0.216. The molecule has 1 unspecified atom stereocenters. The summed E-state index contributed by atoms with van der Waals surface area (Å²) in [4.78, 5) is 0. The minimum atomic E-state index is -2.46. The van der Waals surface area contributed by atoms with E-state index in [1.807, 2.05) is 6.08 Å². The Morgan fingerprint density at radius 2 is 1.68 bits per heavy atom. The van der Waals surface area contributed by atoms with E-state index in [4.69, 9.17) is 13.3 Å². The summed E-state index contributed by atoms with van der Waals surface area (Å²) in [6.07, 6.45) is 4.34. The summed E-state index contributed by atoms with van der Waals surface area (Å²) in [6.45, 7) is 23.2. The Hall–Kier alpha value is -0.292. The van der Waals surface area contributed by atoms with E-state index < -0.39 is 33.7 Å². The Morgan fingerprint density at radius 3 is 2.11 bits per heavy atom. The van der Waals surface area contributed by atoms with Gasteiger partial charge in [-0.05, 0) is 62.5 Å². The van der Waals surface area contributed by atoms with Gasteiger partial charge in [0.25, 0.3) is 8.32 Å². The molecule has 3 nitrogen and oxygen atoms in total. The van der Waals surface area contributed by atoms with E-state index in [-0.39, 0.29) is 5.91 Å². The SMILES string of the molecule is C=Cc1cccc([Si]2(C(O[Si](C)(C)C)O[Si](C)(C)C)CCCCO2)c1[Si](C)C. The molecule has 0 bridgehead atoms. The smallest absolute Gasteiger partial charge is 0.281 e. The van der Waals surface area contributed by atoms with Gasteiger partial charge in [0.15, 0.2) is 22.5 Å². The van der Waals surface area contributed by atoms with Gasteiger partial charge in [0.2, 0.25) is 0 Å². The van der Waals surface area contributed by atoms with Gasteiger partial charge < -0.3 is 13.3 Å². The van der Waals surface area contributed by atoms with E-state index >= 15 is 0 Å². The first-order valence-electron chi connectivity index (χ1n) is 10.5. The molecule has 1 heterocycles. The maximum absolute atomic E-state index is 6.81. The normalized spacial score (nSPS) is 21.4. The second-order valence-corrected chi connectivity index (χ2v) is 25.0. The monoisotopic (exact) mass is 451 g/mol. The summed E-state index contributed by atoms with van der Waals surface area (Å²) in [6, 6.07) is 7.76. The summed E-state index contributed by atoms with van der Waals surface area (Å²) in [7, 11) is -6.77. The zero-order chi connectivity index (χ0) is 21.2. The van der Waals surface area contributed by atoms with Crippen LogP contribution in [0, 0.1) is 0 Å². The molecule has 0 N–H and O–H groups in total. The highest BCUT2D eigenvalue weighted by atomic mass is 28.4. The van der Waals surface area contributed by atoms with Crippen molar-refractivity contribution in [2.45, 2.75) is 77.2 Å². The third kappa shape index (κ3) is 5.87. The number of hydrogen-bond acceptors (Lipinski definition) is 3. The maximum Gasteiger partial charge on any atom is 0.281 e. The van der Waals surface area contributed by atoms with Gasteiger partial charge in [-0.3, -0.25) is 0 Å². The molecule has 1 atom stereocenters. The van der Waals surface area contributed by atoms with Gasteiger partial charge in [-0.1, -0.05) is 55.6 Å². The van der Waals surface area contributed by atoms with Crippen LogP contribution >= 0.6 is 0 Å². The lowest BCUT2D eigenvalue weighted by molar-refractivity contribution is 0.0310. The minimum Gasteiger partial charge on any atom is -0.408 e. The molecule has 0 aliphatic carbocycles. The van der Waals surface area contributed by atoms with E-state index in [9.17, 15) is 0 Å². The topological polar surface area (TPSA) is 27.7 Å². The van der Waals surface area contributed by atoms with Gasteiger partial charge in [0, 0.05) is 6.61 Å². The molecule has 0 saturated carbocycles. The molecule has 0 spiro atoms. The highest BCUT2D eigenvalue weighted by molar-refractivity contribution is 6.93. The van der Waals surface area contributed by atoms with Crippen molar-refractivity contribution in [3.05, 3.63) is 30.3 Å². The molecular formula is C21H39O3Si4. The third-order valence-electron chi connectivity index (χ3n) is 4.88. The van der Waals surface area contributed by atoms with Crippen molar-refractivity contribution in [2.24, 2.45) is 0 Å². The van der Waals surface area contributed by atoms with Crippen LogP contribution in [0.15, 0.2) is 24.8 Å². The molecule has 2 rings (SSSR count). The Labute approximate surface area is 177 Å². The van der Waals surface area contributed by atoms with Crippen LogP contribution in [-0.2, 0) is 13.3 Å². The Balaban J connectivity index is 2.70. The second kappa shape index (κ2) is 9.24. The predicted octanol–water partition coefficient (Wildman–Crippen LogP) is 4.82. The highest BCUT2D eigenvalue weighted by Crippen LogP contribution is 2.31. The molecular weight excluding hydrogens is 413 g/mol. The Bertz CT molecular complexity index is 655. The summed E-state index contributed by atoms with van der Waals surface area (Å²) in [5.41, 5.74) is 1.26. The summed E-state index contributed by atoms with van der Waals surface area (Å²) < 4.78 is 20.4. The van der Waals surface area contributed by atoms with Crippen LogP contribution in [0.5, 0.6) is 0 Å². The predicted molar refractivity (Wildman–Crippen MR) is 132 cm³/mol. The first kappa shape index (κ1) is 24.0. The van der Waals surface area contributed by atoms with Crippen LogP contribution in [0.2, 0.25) is 58.4 Å². The van der Waals surface area contributed by atoms with E-state index in [1.165, 1.54) is 22.4 Å². The molecule has 1 fully saturated rings. The molecule has 0 aromatic heterocycles. The summed E-state index contributed by atoms with van der Waals surface area (Å²) in [5.74, 6) is -0.216. The van der Waals surface area contributed by atoms with Crippen molar-refractivity contribution in [3.63, 3.8) is 0 Å². The van der Waals surface area contributed by atoms with Gasteiger partial charge in [0.1, 0.15) is 0 Å². The number of rotatable bonds is 8. The lowest BCUT2D eigenvalue weighted by Gasteiger charge is -2.46. The molecule has 1 aliphatic heterocycles. The highest BCUT2D eigenvalue weighted by Gasteiger charge is 2.52. The molecule has 7 heteroatoms. The Kier molecular flexibility index (Phi) is 7.91. The van der Waals surface area contributed by atoms with Crippen molar-refractivity contribution in [2.75, 3.05) is 6.61 Å². The van der Waals surface area contributed by atoms with Crippen molar-refractivity contribution in [1.29, 1.82) is 0 Å². The first-order valence-corrected chi connectivity index (χ1v) is 22.0. The van der Waals surface area contributed by atoms with E-state index in [2.05, 4.69) is 77.2 Å². The van der Waals surface area contributed by atoms with Crippen LogP contribution in [-0.4, -0.2) is 46.3 Å². The lowest BCUT2D eigenvalue weighted by atomic mass is 10.2. The molecule has 1 saturated heterocycles. The largest absolute Gasteiger partial charge is 0.408 e. The molecule has 1 radical (unpaired) electrons. The van der Waals surface area contributed by atoms with Crippen molar-refractivity contribution in [3.8, 4) is 0 Å². The second-order valence-electron chi connectivity index (χ2n) is 9.96. The van der Waals surface area contributed by atoms with E-state index in [0.29, 0.717) is 0 Å². The standard InChI is InChI=1S/C21H39O3Si4/c1-10-18-14-13-15-19(20(18)25(2)3)28(17-12-11-16-22-28)21(23-26(4,5)6)24-27(7,8)9/h10,13-15,21H,1,11-12,16-17H2,2-9H3. The average molecular weight is 452 g/mol. The van der Waals surface area contributed by atoms with Gasteiger partial charge in [-0.15, -0.1) is 0 Å². The van der Waals surface area contributed by atoms with Crippen molar-refractivity contribution < 1.29 is 13.3 Å². The molecule has 28 heavy (non-hydrogen) atoms. The van der Waals surface area contributed by atoms with Crippen molar-refractivity contribution >= 4 is 50.2 Å². The van der Waals surface area contributed by atoms with Gasteiger partial charge >= 0.3 is 0 Å². The molecule has 1 aromatic rings. The van der Waals surface area contributed by atoms with Crippen LogP contribution in [0.3, 0.4) is 0 Å². The van der Waals surface area contributed by atoms with Crippen LogP contribution in [0.1, 0.15) is 18.4 Å². The Morgan fingerprint density at radius 1 is 1.07 bits per heavy atom. The molecule has 157 valence electrons.